The lowest BCUT2D eigenvalue weighted by atomic mass is 9.70. The van der Waals surface area contributed by atoms with Gasteiger partial charge in [0.2, 0.25) is 0 Å². The molecule has 0 saturated heterocycles. The molecule has 0 atom stereocenters. The number of esters is 1. The molecule has 0 radical (unpaired) electrons. The summed E-state index contributed by atoms with van der Waals surface area (Å²) in [4.78, 5) is 11.4. The maximum atomic E-state index is 11.4. The third kappa shape index (κ3) is 5.84. The van der Waals surface area contributed by atoms with Crippen molar-refractivity contribution in [2.75, 3.05) is 26.4 Å². The fourth-order valence-electron chi connectivity index (χ4n) is 4.05. The lowest BCUT2D eigenvalue weighted by Gasteiger charge is -2.34. The number of hydrogen-bond acceptors (Lipinski definition) is 4. The van der Waals surface area contributed by atoms with Crippen LogP contribution in [-0.2, 0) is 19.0 Å². The molecule has 1 aromatic rings. The molecule has 2 rings (SSSR count). The molecular formula is C24H36O4. The van der Waals surface area contributed by atoms with Crippen molar-refractivity contribution in [1.82, 2.24) is 0 Å². The van der Waals surface area contributed by atoms with Crippen molar-refractivity contribution in [2.45, 2.75) is 60.8 Å². The normalized spacial score (nSPS) is 16.2. The fourth-order valence-corrected chi connectivity index (χ4v) is 4.05. The SMILES string of the molecule is CCOC(=O)CCCCOCC(C)(C)C1=C(c2cccc(C)c2)OCC1(C)C. The summed E-state index contributed by atoms with van der Waals surface area (Å²) in [5.41, 5.74) is 3.52. The number of benzene rings is 1. The van der Waals surface area contributed by atoms with Crippen LogP contribution in [0, 0.1) is 17.8 Å². The summed E-state index contributed by atoms with van der Waals surface area (Å²) >= 11 is 0. The Morgan fingerprint density at radius 2 is 2.00 bits per heavy atom. The van der Waals surface area contributed by atoms with Crippen LogP contribution in [0.1, 0.15) is 65.0 Å². The summed E-state index contributed by atoms with van der Waals surface area (Å²) in [6.07, 6.45) is 2.12. The van der Waals surface area contributed by atoms with Crippen molar-refractivity contribution in [2.24, 2.45) is 10.8 Å². The molecule has 0 spiro atoms. The average Bonchev–Trinajstić information content (AvgIpc) is 2.94. The molecule has 0 aromatic heterocycles. The molecule has 1 aliphatic rings. The Bertz CT molecular complexity index is 700. The Kier molecular flexibility index (Phi) is 7.70. The van der Waals surface area contributed by atoms with Gasteiger partial charge in [-0.3, -0.25) is 4.79 Å². The second kappa shape index (κ2) is 9.60. The van der Waals surface area contributed by atoms with Crippen LogP contribution in [0.25, 0.3) is 5.76 Å². The molecule has 1 aromatic carbocycles. The number of hydrogen-bond donors (Lipinski definition) is 0. The second-order valence-electron chi connectivity index (χ2n) is 8.94. The van der Waals surface area contributed by atoms with Crippen molar-refractivity contribution in [1.29, 1.82) is 0 Å². The highest BCUT2D eigenvalue weighted by molar-refractivity contribution is 5.69. The van der Waals surface area contributed by atoms with Crippen LogP contribution in [0.5, 0.6) is 0 Å². The summed E-state index contributed by atoms with van der Waals surface area (Å²) in [7, 11) is 0. The maximum Gasteiger partial charge on any atom is 0.305 e. The first-order chi connectivity index (χ1) is 13.2. The molecule has 156 valence electrons. The largest absolute Gasteiger partial charge is 0.492 e. The van der Waals surface area contributed by atoms with E-state index in [1.165, 1.54) is 11.1 Å². The molecule has 0 unspecified atom stereocenters. The molecular weight excluding hydrogens is 352 g/mol. The van der Waals surface area contributed by atoms with E-state index < -0.39 is 0 Å². The Balaban J connectivity index is 2.01. The van der Waals surface area contributed by atoms with E-state index in [0.29, 0.717) is 32.8 Å². The number of aryl methyl sites for hydroxylation is 1. The van der Waals surface area contributed by atoms with Gasteiger partial charge in [-0.25, -0.2) is 0 Å². The minimum atomic E-state index is -0.139. The average molecular weight is 389 g/mol. The fraction of sp³-hybridized carbons (Fsp3) is 0.625. The van der Waals surface area contributed by atoms with Crippen LogP contribution < -0.4 is 0 Å². The van der Waals surface area contributed by atoms with Crippen molar-refractivity contribution < 1.29 is 19.0 Å². The van der Waals surface area contributed by atoms with Crippen molar-refractivity contribution in [3.05, 3.63) is 41.0 Å². The zero-order chi connectivity index (χ0) is 20.8. The van der Waals surface area contributed by atoms with Crippen LogP contribution in [0.3, 0.4) is 0 Å². The molecule has 0 fully saturated rings. The minimum absolute atomic E-state index is 0.0319. The third-order valence-corrected chi connectivity index (χ3v) is 5.13. The van der Waals surface area contributed by atoms with Crippen molar-refractivity contribution >= 4 is 11.7 Å². The summed E-state index contributed by atoms with van der Waals surface area (Å²) in [5, 5.41) is 0. The standard InChI is InChI=1S/C24H36O4/c1-7-27-20(25)13-8-9-14-26-16-23(3,4)22-21(28-17-24(22,5)6)19-12-10-11-18(2)15-19/h10-12,15H,7-9,13-14,16-17H2,1-6H3. The monoisotopic (exact) mass is 388 g/mol. The maximum absolute atomic E-state index is 11.4. The minimum Gasteiger partial charge on any atom is -0.492 e. The molecule has 28 heavy (non-hydrogen) atoms. The van der Waals surface area contributed by atoms with Crippen LogP contribution in [0.15, 0.2) is 29.8 Å². The molecule has 4 heteroatoms. The predicted octanol–water partition coefficient (Wildman–Crippen LogP) is 5.54. The topological polar surface area (TPSA) is 44.8 Å². The van der Waals surface area contributed by atoms with E-state index in [1.54, 1.807) is 0 Å². The van der Waals surface area contributed by atoms with E-state index in [-0.39, 0.29) is 16.8 Å². The highest BCUT2D eigenvalue weighted by Gasteiger charge is 2.43. The molecule has 4 nitrogen and oxygen atoms in total. The molecule has 0 aliphatic carbocycles. The molecule has 0 saturated carbocycles. The lowest BCUT2D eigenvalue weighted by molar-refractivity contribution is -0.143. The summed E-state index contributed by atoms with van der Waals surface area (Å²) in [6, 6.07) is 8.49. The summed E-state index contributed by atoms with van der Waals surface area (Å²) < 4.78 is 17.1. The smallest absolute Gasteiger partial charge is 0.305 e. The number of carbonyl (C=O) groups is 1. The van der Waals surface area contributed by atoms with E-state index in [2.05, 4.69) is 58.9 Å². The Morgan fingerprint density at radius 3 is 2.68 bits per heavy atom. The van der Waals surface area contributed by atoms with Crippen molar-refractivity contribution in [3.63, 3.8) is 0 Å². The van der Waals surface area contributed by atoms with Crippen molar-refractivity contribution in [3.8, 4) is 0 Å². The van der Waals surface area contributed by atoms with Gasteiger partial charge in [-0.1, -0.05) is 51.5 Å². The Morgan fingerprint density at radius 1 is 1.25 bits per heavy atom. The highest BCUT2D eigenvalue weighted by atomic mass is 16.5. The number of carbonyl (C=O) groups excluding carboxylic acids is 1. The van der Waals surface area contributed by atoms with Crippen LogP contribution in [0.2, 0.25) is 0 Å². The van der Waals surface area contributed by atoms with Gasteiger partial charge >= 0.3 is 5.97 Å². The van der Waals surface area contributed by atoms with E-state index in [0.717, 1.165) is 24.2 Å². The van der Waals surface area contributed by atoms with Crippen LogP contribution in [-0.4, -0.2) is 32.4 Å². The van der Waals surface area contributed by atoms with Gasteiger partial charge in [0.1, 0.15) is 5.76 Å². The molecule has 1 heterocycles. The van der Waals surface area contributed by atoms with Gasteiger partial charge in [-0.15, -0.1) is 0 Å². The summed E-state index contributed by atoms with van der Waals surface area (Å²) in [5.74, 6) is 0.880. The first-order valence-corrected chi connectivity index (χ1v) is 10.4. The molecule has 0 amide bonds. The van der Waals surface area contributed by atoms with E-state index >= 15 is 0 Å². The van der Waals surface area contributed by atoms with E-state index in [4.69, 9.17) is 14.2 Å². The first kappa shape index (κ1) is 22.5. The molecule has 0 bridgehead atoms. The van der Waals surface area contributed by atoms with Gasteiger partial charge in [-0.2, -0.15) is 0 Å². The second-order valence-corrected chi connectivity index (χ2v) is 8.94. The van der Waals surface area contributed by atoms with Gasteiger partial charge in [-0.05, 0) is 38.3 Å². The highest BCUT2D eigenvalue weighted by Crippen LogP contribution is 2.49. The Hall–Kier alpha value is -1.81. The zero-order valence-electron chi connectivity index (χ0n) is 18.4. The molecule has 0 N–H and O–H groups in total. The zero-order valence-corrected chi connectivity index (χ0v) is 18.4. The van der Waals surface area contributed by atoms with Crippen LogP contribution >= 0.6 is 0 Å². The van der Waals surface area contributed by atoms with Crippen LogP contribution in [0.4, 0.5) is 0 Å². The summed E-state index contributed by atoms with van der Waals surface area (Å²) in [6.45, 7) is 15.3. The number of unbranched alkanes of at least 4 members (excludes halogenated alkanes) is 1. The van der Waals surface area contributed by atoms with Gasteiger partial charge in [0, 0.05) is 29.4 Å². The first-order valence-electron chi connectivity index (χ1n) is 10.4. The quantitative estimate of drug-likeness (QED) is 0.390. The Labute approximate surface area is 170 Å². The third-order valence-electron chi connectivity index (χ3n) is 5.13. The molecule has 1 aliphatic heterocycles. The van der Waals surface area contributed by atoms with Gasteiger partial charge in [0.05, 0.1) is 19.8 Å². The predicted molar refractivity (Wildman–Crippen MR) is 113 cm³/mol. The van der Waals surface area contributed by atoms with E-state index in [9.17, 15) is 4.79 Å². The van der Waals surface area contributed by atoms with Gasteiger partial charge in [0.25, 0.3) is 0 Å². The lowest BCUT2D eigenvalue weighted by Crippen LogP contribution is -2.31. The van der Waals surface area contributed by atoms with Gasteiger partial charge in [0.15, 0.2) is 0 Å². The van der Waals surface area contributed by atoms with Gasteiger partial charge < -0.3 is 14.2 Å². The van der Waals surface area contributed by atoms with E-state index in [1.807, 2.05) is 6.92 Å². The number of rotatable bonds is 10. The number of ether oxygens (including phenoxy) is 3.